The topological polar surface area (TPSA) is 48.4 Å². The van der Waals surface area contributed by atoms with Gasteiger partial charge in [-0.05, 0) is 22.0 Å². The highest BCUT2D eigenvalue weighted by Gasteiger charge is 2.14. The van der Waals surface area contributed by atoms with Crippen LogP contribution < -0.4 is 4.74 Å². The van der Waals surface area contributed by atoms with Crippen molar-refractivity contribution in [3.8, 4) is 5.88 Å². The second kappa shape index (κ2) is 4.23. The van der Waals surface area contributed by atoms with Crippen molar-refractivity contribution in [3.05, 3.63) is 22.3 Å². The summed E-state index contributed by atoms with van der Waals surface area (Å²) in [6.07, 6.45) is 1.48. The lowest BCUT2D eigenvalue weighted by molar-refractivity contribution is 0.0599. The number of carbonyl (C=O) groups excluding carboxylic acids is 1. The Morgan fingerprint density at radius 3 is 2.77 bits per heavy atom. The Labute approximate surface area is 84.0 Å². The molecule has 70 valence electrons. The average molecular weight is 246 g/mol. The summed E-state index contributed by atoms with van der Waals surface area (Å²) < 4.78 is 9.98. The first-order valence-corrected chi connectivity index (χ1v) is 4.26. The van der Waals surface area contributed by atoms with Gasteiger partial charge in [-0.15, -0.1) is 0 Å². The first-order valence-electron chi connectivity index (χ1n) is 3.47. The van der Waals surface area contributed by atoms with Gasteiger partial charge in [0.05, 0.1) is 24.3 Å². The molecule has 0 aromatic carbocycles. The maximum Gasteiger partial charge on any atom is 0.339 e. The number of hydrogen-bond donors (Lipinski definition) is 0. The zero-order valence-corrected chi connectivity index (χ0v) is 8.79. The Balaban J connectivity index is 3.15. The van der Waals surface area contributed by atoms with E-state index in [0.29, 0.717) is 15.9 Å². The van der Waals surface area contributed by atoms with Gasteiger partial charge in [-0.3, -0.25) is 0 Å². The first-order chi connectivity index (χ1) is 6.20. The zero-order valence-electron chi connectivity index (χ0n) is 7.20. The normalized spacial score (nSPS) is 9.46. The standard InChI is InChI=1S/C8H8BrNO3/c1-12-7-6(9)5(3-4-10-7)8(11)13-2/h3-4H,1-2H3. The average Bonchev–Trinajstić information content (AvgIpc) is 2.17. The van der Waals surface area contributed by atoms with Crippen LogP contribution in [0, 0.1) is 0 Å². The van der Waals surface area contributed by atoms with Gasteiger partial charge >= 0.3 is 5.97 Å². The van der Waals surface area contributed by atoms with Crippen LogP contribution in [-0.4, -0.2) is 25.2 Å². The van der Waals surface area contributed by atoms with Gasteiger partial charge in [0.25, 0.3) is 0 Å². The van der Waals surface area contributed by atoms with Crippen molar-refractivity contribution in [2.24, 2.45) is 0 Å². The number of carbonyl (C=O) groups is 1. The molecule has 0 saturated heterocycles. The van der Waals surface area contributed by atoms with E-state index in [2.05, 4.69) is 25.7 Å². The van der Waals surface area contributed by atoms with Crippen LogP contribution in [0.4, 0.5) is 0 Å². The van der Waals surface area contributed by atoms with Crippen molar-refractivity contribution in [3.63, 3.8) is 0 Å². The molecule has 0 fully saturated rings. The van der Waals surface area contributed by atoms with Crippen molar-refractivity contribution < 1.29 is 14.3 Å². The third-order valence-electron chi connectivity index (χ3n) is 1.46. The number of methoxy groups -OCH3 is 2. The predicted molar refractivity (Wildman–Crippen MR) is 49.8 cm³/mol. The Kier molecular flexibility index (Phi) is 3.25. The number of pyridine rings is 1. The number of ether oxygens (including phenoxy) is 2. The van der Waals surface area contributed by atoms with E-state index in [1.807, 2.05) is 0 Å². The molecule has 0 amide bonds. The van der Waals surface area contributed by atoms with Gasteiger partial charge in [0.15, 0.2) is 0 Å². The monoisotopic (exact) mass is 245 g/mol. The Morgan fingerprint density at radius 1 is 1.54 bits per heavy atom. The number of esters is 1. The molecule has 0 aliphatic heterocycles. The molecular formula is C8H8BrNO3. The fourth-order valence-corrected chi connectivity index (χ4v) is 1.39. The Morgan fingerprint density at radius 2 is 2.23 bits per heavy atom. The van der Waals surface area contributed by atoms with E-state index in [1.165, 1.54) is 20.4 Å². The lowest BCUT2D eigenvalue weighted by Gasteiger charge is -2.05. The van der Waals surface area contributed by atoms with Crippen LogP contribution in [-0.2, 0) is 4.74 Å². The SMILES string of the molecule is COC(=O)c1ccnc(OC)c1Br. The number of aromatic nitrogens is 1. The van der Waals surface area contributed by atoms with Gasteiger partial charge in [-0.2, -0.15) is 0 Å². The minimum absolute atomic E-state index is 0.364. The summed E-state index contributed by atoms with van der Waals surface area (Å²) in [4.78, 5) is 15.1. The van der Waals surface area contributed by atoms with Crippen LogP contribution in [0.15, 0.2) is 16.7 Å². The van der Waals surface area contributed by atoms with Crippen LogP contribution >= 0.6 is 15.9 Å². The Hall–Kier alpha value is -1.10. The molecule has 0 N–H and O–H groups in total. The zero-order chi connectivity index (χ0) is 9.84. The molecule has 0 radical (unpaired) electrons. The molecule has 0 spiro atoms. The predicted octanol–water partition coefficient (Wildman–Crippen LogP) is 1.64. The second-order valence-corrected chi connectivity index (χ2v) is 2.97. The molecular weight excluding hydrogens is 238 g/mol. The molecule has 4 nitrogen and oxygen atoms in total. The fraction of sp³-hybridized carbons (Fsp3) is 0.250. The van der Waals surface area contributed by atoms with Crippen LogP contribution in [0.5, 0.6) is 5.88 Å². The van der Waals surface area contributed by atoms with E-state index >= 15 is 0 Å². The van der Waals surface area contributed by atoms with Crippen molar-refractivity contribution in [2.45, 2.75) is 0 Å². The molecule has 1 aromatic heterocycles. The van der Waals surface area contributed by atoms with Gasteiger partial charge in [0.2, 0.25) is 5.88 Å². The third kappa shape index (κ3) is 1.98. The largest absolute Gasteiger partial charge is 0.480 e. The summed E-state index contributed by atoms with van der Waals surface area (Å²) >= 11 is 3.19. The molecule has 0 saturated carbocycles. The van der Waals surface area contributed by atoms with Gasteiger partial charge in [-0.1, -0.05) is 0 Å². The molecule has 0 aliphatic rings. The van der Waals surface area contributed by atoms with Crippen molar-refractivity contribution in [2.75, 3.05) is 14.2 Å². The maximum absolute atomic E-state index is 11.2. The van der Waals surface area contributed by atoms with Crippen LogP contribution in [0.2, 0.25) is 0 Å². The van der Waals surface area contributed by atoms with E-state index < -0.39 is 5.97 Å². The van der Waals surface area contributed by atoms with Gasteiger partial charge in [-0.25, -0.2) is 9.78 Å². The second-order valence-electron chi connectivity index (χ2n) is 2.17. The molecule has 0 aliphatic carbocycles. The highest BCUT2D eigenvalue weighted by Crippen LogP contribution is 2.25. The summed E-state index contributed by atoms with van der Waals surface area (Å²) in [7, 11) is 2.80. The van der Waals surface area contributed by atoms with E-state index in [4.69, 9.17) is 4.74 Å². The highest BCUT2D eigenvalue weighted by atomic mass is 79.9. The van der Waals surface area contributed by atoms with Crippen molar-refractivity contribution in [1.29, 1.82) is 0 Å². The van der Waals surface area contributed by atoms with Crippen LogP contribution in [0.1, 0.15) is 10.4 Å². The van der Waals surface area contributed by atoms with E-state index in [-0.39, 0.29) is 0 Å². The van der Waals surface area contributed by atoms with Crippen molar-refractivity contribution >= 4 is 21.9 Å². The lowest BCUT2D eigenvalue weighted by Crippen LogP contribution is -2.03. The molecule has 1 rings (SSSR count). The van der Waals surface area contributed by atoms with Crippen molar-refractivity contribution in [1.82, 2.24) is 4.98 Å². The molecule has 13 heavy (non-hydrogen) atoms. The van der Waals surface area contributed by atoms with Gasteiger partial charge < -0.3 is 9.47 Å². The van der Waals surface area contributed by atoms with Gasteiger partial charge in [0, 0.05) is 6.20 Å². The molecule has 1 heterocycles. The molecule has 5 heteroatoms. The van der Waals surface area contributed by atoms with E-state index in [9.17, 15) is 4.79 Å². The molecule has 0 unspecified atom stereocenters. The van der Waals surface area contributed by atoms with E-state index in [0.717, 1.165) is 0 Å². The third-order valence-corrected chi connectivity index (χ3v) is 2.22. The molecule has 0 bridgehead atoms. The maximum atomic E-state index is 11.2. The summed E-state index contributed by atoms with van der Waals surface area (Å²) in [5, 5.41) is 0. The molecule has 1 aromatic rings. The smallest absolute Gasteiger partial charge is 0.339 e. The quantitative estimate of drug-likeness (QED) is 0.744. The summed E-state index contributed by atoms with van der Waals surface area (Å²) in [5.74, 6) is -0.0597. The molecule has 0 atom stereocenters. The highest BCUT2D eigenvalue weighted by molar-refractivity contribution is 9.10. The minimum Gasteiger partial charge on any atom is -0.480 e. The number of hydrogen-bond acceptors (Lipinski definition) is 4. The summed E-state index contributed by atoms with van der Waals surface area (Å²) in [6, 6.07) is 1.55. The first kappa shape index (κ1) is 9.98. The Bertz CT molecular complexity index is 327. The van der Waals surface area contributed by atoms with Crippen LogP contribution in [0.3, 0.4) is 0 Å². The fourth-order valence-electron chi connectivity index (χ4n) is 0.834. The van der Waals surface area contributed by atoms with Gasteiger partial charge in [0.1, 0.15) is 0 Å². The van der Waals surface area contributed by atoms with Crippen LogP contribution in [0.25, 0.3) is 0 Å². The number of nitrogens with zero attached hydrogens (tertiary/aromatic N) is 1. The van der Waals surface area contributed by atoms with E-state index in [1.54, 1.807) is 6.07 Å². The lowest BCUT2D eigenvalue weighted by atomic mass is 10.3. The summed E-state index contributed by atoms with van der Waals surface area (Å²) in [5.41, 5.74) is 0.398. The number of rotatable bonds is 2. The summed E-state index contributed by atoms with van der Waals surface area (Å²) in [6.45, 7) is 0. The minimum atomic E-state index is -0.424. The number of halogens is 1.